The van der Waals surface area contributed by atoms with Crippen molar-refractivity contribution >= 4 is 33.6 Å². The number of nitrogens with one attached hydrogen (secondary N) is 1. The van der Waals surface area contributed by atoms with E-state index >= 15 is 0 Å². The normalized spacial score (nSPS) is 13.6. The van der Waals surface area contributed by atoms with Gasteiger partial charge >= 0.3 is 5.97 Å². The van der Waals surface area contributed by atoms with Gasteiger partial charge in [-0.25, -0.2) is 19.7 Å². The minimum atomic E-state index is -0.970. The second-order valence-electron chi connectivity index (χ2n) is 8.45. The molecular weight excluding hydrogens is 404 g/mol. The van der Waals surface area contributed by atoms with Crippen LogP contribution in [0.5, 0.6) is 5.75 Å². The highest BCUT2D eigenvalue weighted by Gasteiger charge is 2.23. The summed E-state index contributed by atoms with van der Waals surface area (Å²) in [7, 11) is 0. The highest BCUT2D eigenvalue weighted by atomic mass is 16.5. The van der Waals surface area contributed by atoms with Crippen LogP contribution in [0.4, 0.5) is 5.82 Å². The predicted molar refractivity (Wildman–Crippen MR) is 123 cm³/mol. The number of nitrogens with zero attached hydrogens (tertiary/aromatic N) is 3. The van der Waals surface area contributed by atoms with E-state index in [4.69, 9.17) is 14.7 Å². The van der Waals surface area contributed by atoms with Crippen LogP contribution in [0.2, 0.25) is 0 Å². The van der Waals surface area contributed by atoms with E-state index in [9.17, 15) is 9.90 Å². The molecule has 162 valence electrons. The van der Waals surface area contributed by atoms with Gasteiger partial charge in [-0.2, -0.15) is 0 Å². The molecular formula is C25H24N4O3. The monoisotopic (exact) mass is 428 g/mol. The summed E-state index contributed by atoms with van der Waals surface area (Å²) in [5.41, 5.74) is 2.69. The van der Waals surface area contributed by atoms with Gasteiger partial charge < -0.3 is 15.2 Å². The third-order valence-electron chi connectivity index (χ3n) is 5.41. The molecule has 4 aromatic rings. The minimum Gasteiger partial charge on any atom is -0.491 e. The fourth-order valence-corrected chi connectivity index (χ4v) is 3.70. The largest absolute Gasteiger partial charge is 0.491 e. The van der Waals surface area contributed by atoms with E-state index < -0.39 is 5.97 Å². The lowest BCUT2D eigenvalue weighted by Gasteiger charge is -2.12. The summed E-state index contributed by atoms with van der Waals surface area (Å²) in [5, 5.41) is 14.5. The number of aromatic carboxylic acids is 1. The van der Waals surface area contributed by atoms with Crippen LogP contribution in [0.15, 0.2) is 48.7 Å². The number of pyridine rings is 1. The first-order valence-corrected chi connectivity index (χ1v) is 10.8. The van der Waals surface area contributed by atoms with E-state index in [-0.39, 0.29) is 11.7 Å². The first kappa shape index (κ1) is 20.2. The molecule has 0 bridgehead atoms. The van der Waals surface area contributed by atoms with Crippen LogP contribution >= 0.6 is 0 Å². The molecule has 0 unspecified atom stereocenters. The summed E-state index contributed by atoms with van der Waals surface area (Å²) in [6.45, 7) is 4.01. The molecule has 7 heteroatoms. The highest BCUT2D eigenvalue weighted by molar-refractivity contribution is 6.09. The summed E-state index contributed by atoms with van der Waals surface area (Å²) in [5.74, 6) is 1.26. The average molecular weight is 428 g/mol. The van der Waals surface area contributed by atoms with Crippen molar-refractivity contribution in [3.05, 3.63) is 65.6 Å². The standard InChI is InChI=1S/C25H24N4O3/c1-14(2)32-18-8-3-15(4-9-18)11-22-26-13-20-19-10-5-16(25(30)31)12-21(19)28-24(23(20)29-22)27-17-6-7-17/h3-5,8-10,12-14,17H,6-7,11H2,1-2H3,(H,27,28)(H,30,31). The number of aromatic nitrogens is 3. The van der Waals surface area contributed by atoms with Gasteiger partial charge in [-0.1, -0.05) is 18.2 Å². The smallest absolute Gasteiger partial charge is 0.335 e. The molecule has 2 aromatic heterocycles. The Morgan fingerprint density at radius 1 is 1.12 bits per heavy atom. The molecule has 0 aliphatic heterocycles. The molecule has 2 aromatic carbocycles. The molecule has 1 saturated carbocycles. The van der Waals surface area contributed by atoms with E-state index in [1.807, 2.05) is 44.3 Å². The van der Waals surface area contributed by atoms with Crippen molar-refractivity contribution in [2.75, 3.05) is 5.32 Å². The summed E-state index contributed by atoms with van der Waals surface area (Å²) >= 11 is 0. The van der Waals surface area contributed by atoms with Gasteiger partial charge in [0.15, 0.2) is 5.82 Å². The molecule has 7 nitrogen and oxygen atoms in total. The SMILES string of the molecule is CC(C)Oc1ccc(Cc2ncc3c(n2)c(NC2CC2)nc2cc(C(=O)O)ccc23)cc1. The zero-order valence-corrected chi connectivity index (χ0v) is 18.0. The van der Waals surface area contributed by atoms with Gasteiger partial charge in [0, 0.05) is 29.4 Å². The molecule has 5 rings (SSSR count). The van der Waals surface area contributed by atoms with Gasteiger partial charge in [-0.3, -0.25) is 0 Å². The molecule has 1 aliphatic carbocycles. The van der Waals surface area contributed by atoms with Crippen molar-refractivity contribution < 1.29 is 14.6 Å². The third kappa shape index (κ3) is 4.19. The van der Waals surface area contributed by atoms with E-state index in [1.54, 1.807) is 18.2 Å². The Morgan fingerprint density at radius 3 is 2.59 bits per heavy atom. The van der Waals surface area contributed by atoms with Crippen molar-refractivity contribution in [1.82, 2.24) is 15.0 Å². The first-order valence-electron chi connectivity index (χ1n) is 10.8. The zero-order chi connectivity index (χ0) is 22.2. The zero-order valence-electron chi connectivity index (χ0n) is 18.0. The van der Waals surface area contributed by atoms with Crippen LogP contribution in [-0.2, 0) is 6.42 Å². The maximum absolute atomic E-state index is 11.4. The van der Waals surface area contributed by atoms with Crippen molar-refractivity contribution in [3.63, 3.8) is 0 Å². The van der Waals surface area contributed by atoms with E-state index in [0.29, 0.717) is 29.6 Å². The molecule has 2 heterocycles. The van der Waals surface area contributed by atoms with E-state index in [2.05, 4.69) is 10.3 Å². The molecule has 0 amide bonds. The maximum atomic E-state index is 11.4. The quantitative estimate of drug-likeness (QED) is 0.407. The summed E-state index contributed by atoms with van der Waals surface area (Å²) in [6.07, 6.45) is 4.74. The van der Waals surface area contributed by atoms with E-state index in [1.165, 1.54) is 0 Å². The van der Waals surface area contributed by atoms with Crippen LogP contribution in [0, 0.1) is 0 Å². The van der Waals surface area contributed by atoms with Gasteiger partial charge in [-0.15, -0.1) is 0 Å². The molecule has 0 saturated heterocycles. The Balaban J connectivity index is 1.53. The topological polar surface area (TPSA) is 97.2 Å². The Labute approximate surface area is 185 Å². The van der Waals surface area contributed by atoms with E-state index in [0.717, 1.165) is 40.4 Å². The second-order valence-corrected chi connectivity index (χ2v) is 8.45. The van der Waals surface area contributed by atoms with Crippen molar-refractivity contribution in [2.24, 2.45) is 0 Å². The number of rotatable bonds is 7. The number of hydrogen-bond donors (Lipinski definition) is 2. The third-order valence-corrected chi connectivity index (χ3v) is 5.41. The first-order chi connectivity index (χ1) is 15.5. The molecule has 1 fully saturated rings. The number of anilines is 1. The molecule has 32 heavy (non-hydrogen) atoms. The number of ether oxygens (including phenoxy) is 1. The average Bonchev–Trinajstić information content (AvgIpc) is 3.58. The number of carboxylic acids is 1. The van der Waals surface area contributed by atoms with Crippen molar-refractivity contribution in [1.29, 1.82) is 0 Å². The van der Waals surface area contributed by atoms with Crippen LogP contribution in [-0.4, -0.2) is 38.2 Å². The van der Waals surface area contributed by atoms with Crippen LogP contribution in [0.1, 0.15) is 48.4 Å². The van der Waals surface area contributed by atoms with Crippen molar-refractivity contribution in [3.8, 4) is 5.75 Å². The minimum absolute atomic E-state index is 0.135. The van der Waals surface area contributed by atoms with Crippen LogP contribution in [0.3, 0.4) is 0 Å². The van der Waals surface area contributed by atoms with Crippen LogP contribution < -0.4 is 10.1 Å². The Bertz CT molecular complexity index is 1310. The summed E-state index contributed by atoms with van der Waals surface area (Å²) < 4.78 is 5.72. The number of benzene rings is 2. The number of carboxylic acid groups (broad SMARTS) is 1. The summed E-state index contributed by atoms with van der Waals surface area (Å²) in [6, 6.07) is 13.3. The Hall–Kier alpha value is -3.74. The highest BCUT2D eigenvalue weighted by Crippen LogP contribution is 2.32. The maximum Gasteiger partial charge on any atom is 0.335 e. The second kappa shape index (κ2) is 8.07. The van der Waals surface area contributed by atoms with Gasteiger partial charge in [0.2, 0.25) is 0 Å². The van der Waals surface area contributed by atoms with Gasteiger partial charge in [0.25, 0.3) is 0 Å². The molecule has 0 spiro atoms. The predicted octanol–water partition coefficient (Wildman–Crippen LogP) is 4.83. The van der Waals surface area contributed by atoms with Gasteiger partial charge in [-0.05, 0) is 56.5 Å². The Kier molecular flexibility index (Phi) is 5.09. The number of fused-ring (bicyclic) bond motifs is 3. The van der Waals surface area contributed by atoms with Crippen LogP contribution in [0.25, 0.3) is 21.8 Å². The number of hydrogen-bond acceptors (Lipinski definition) is 6. The lowest BCUT2D eigenvalue weighted by molar-refractivity contribution is 0.0697. The molecule has 0 radical (unpaired) electrons. The van der Waals surface area contributed by atoms with Crippen molar-refractivity contribution in [2.45, 2.75) is 45.3 Å². The van der Waals surface area contributed by atoms with Gasteiger partial charge in [0.05, 0.1) is 17.2 Å². The van der Waals surface area contributed by atoms with Gasteiger partial charge in [0.1, 0.15) is 17.1 Å². The lowest BCUT2D eigenvalue weighted by atomic mass is 10.1. The Morgan fingerprint density at radius 2 is 1.91 bits per heavy atom. The fraction of sp³-hybridized carbons (Fsp3) is 0.280. The summed E-state index contributed by atoms with van der Waals surface area (Å²) in [4.78, 5) is 25.6. The molecule has 0 atom stereocenters. The molecule has 1 aliphatic rings. The number of carbonyl (C=O) groups is 1. The lowest BCUT2D eigenvalue weighted by Crippen LogP contribution is -2.07. The fourth-order valence-electron chi connectivity index (χ4n) is 3.70. The molecule has 2 N–H and O–H groups in total.